The number of carbonyl (C=O) groups is 1. The van der Waals surface area contributed by atoms with Crippen LogP contribution in [0, 0.1) is 6.92 Å². The lowest BCUT2D eigenvalue weighted by molar-refractivity contribution is 0.0710. The van der Waals surface area contributed by atoms with Gasteiger partial charge in [0, 0.05) is 45.0 Å². The highest BCUT2D eigenvalue weighted by Gasteiger charge is 2.28. The van der Waals surface area contributed by atoms with Crippen molar-refractivity contribution in [3.05, 3.63) is 41.2 Å². The molecule has 0 aromatic carbocycles. The molecule has 2 aromatic rings. The van der Waals surface area contributed by atoms with Crippen molar-refractivity contribution in [2.24, 2.45) is 7.05 Å². The van der Waals surface area contributed by atoms with E-state index in [0.29, 0.717) is 37.7 Å². The minimum absolute atomic E-state index is 0.0499. The normalized spacial score (nSPS) is 15.5. The van der Waals surface area contributed by atoms with Gasteiger partial charge in [-0.25, -0.2) is 0 Å². The maximum Gasteiger partial charge on any atom is 0.255 e. The second-order valence-electron chi connectivity index (χ2n) is 7.31. The Bertz CT molecular complexity index is 782. The van der Waals surface area contributed by atoms with Crippen LogP contribution in [-0.4, -0.2) is 73.9 Å². The second-order valence-corrected chi connectivity index (χ2v) is 7.31. The Balaban J connectivity index is 1.61. The highest BCUT2D eigenvalue weighted by atomic mass is 16.3. The highest BCUT2D eigenvalue weighted by Crippen LogP contribution is 2.27. The molecule has 0 unspecified atom stereocenters. The number of likely N-dealkylation sites (N-methyl/N-ethyl adjacent to an activating group) is 1. The van der Waals surface area contributed by atoms with Gasteiger partial charge in [-0.3, -0.25) is 14.7 Å². The lowest BCUT2D eigenvalue weighted by Crippen LogP contribution is -2.38. The van der Waals surface area contributed by atoms with Gasteiger partial charge in [0.15, 0.2) is 0 Å². The quantitative estimate of drug-likeness (QED) is 0.813. The Morgan fingerprint density at radius 3 is 2.70 bits per heavy atom. The number of pyridine rings is 1. The first-order valence-electron chi connectivity index (χ1n) is 9.38. The average Bonchev–Trinajstić information content (AvgIpc) is 3.02. The molecule has 1 fully saturated rings. The van der Waals surface area contributed by atoms with Gasteiger partial charge in [0.05, 0.1) is 18.7 Å². The summed E-state index contributed by atoms with van der Waals surface area (Å²) in [6.07, 6.45) is 5.15. The van der Waals surface area contributed by atoms with Gasteiger partial charge in [-0.15, -0.1) is 10.2 Å². The van der Waals surface area contributed by atoms with E-state index in [9.17, 15) is 4.79 Å². The molecule has 0 radical (unpaired) electrons. The van der Waals surface area contributed by atoms with Crippen molar-refractivity contribution in [3.8, 4) is 0 Å². The Morgan fingerprint density at radius 1 is 1.30 bits per heavy atom. The van der Waals surface area contributed by atoms with Gasteiger partial charge >= 0.3 is 0 Å². The van der Waals surface area contributed by atoms with Crippen molar-refractivity contribution < 1.29 is 9.90 Å². The van der Waals surface area contributed by atoms with Crippen LogP contribution in [0.1, 0.15) is 46.3 Å². The van der Waals surface area contributed by atoms with Crippen LogP contribution in [0.25, 0.3) is 0 Å². The molecule has 3 heterocycles. The lowest BCUT2D eigenvalue weighted by atomic mass is 9.95. The van der Waals surface area contributed by atoms with Crippen molar-refractivity contribution in [1.29, 1.82) is 0 Å². The third-order valence-electron chi connectivity index (χ3n) is 5.16. The Kier molecular flexibility index (Phi) is 6.18. The van der Waals surface area contributed by atoms with E-state index in [1.807, 2.05) is 36.9 Å². The van der Waals surface area contributed by atoms with Crippen molar-refractivity contribution >= 4 is 5.91 Å². The molecule has 1 saturated heterocycles. The molecule has 2 aromatic heterocycles. The van der Waals surface area contributed by atoms with E-state index in [1.54, 1.807) is 12.4 Å². The first kappa shape index (κ1) is 19.4. The van der Waals surface area contributed by atoms with E-state index in [4.69, 9.17) is 5.11 Å². The summed E-state index contributed by atoms with van der Waals surface area (Å²) in [6, 6.07) is 1.89. The molecule has 0 atom stereocenters. The maximum atomic E-state index is 12.7. The molecule has 0 saturated carbocycles. The third kappa shape index (κ3) is 4.51. The van der Waals surface area contributed by atoms with Gasteiger partial charge in [-0.1, -0.05) is 0 Å². The summed E-state index contributed by atoms with van der Waals surface area (Å²) in [4.78, 5) is 20.7. The fourth-order valence-corrected chi connectivity index (χ4v) is 3.55. The number of piperidine rings is 1. The number of likely N-dealkylation sites (tertiary alicyclic amines) is 1. The van der Waals surface area contributed by atoms with E-state index in [-0.39, 0.29) is 12.5 Å². The summed E-state index contributed by atoms with van der Waals surface area (Å²) >= 11 is 0. The molecule has 1 aliphatic rings. The zero-order chi connectivity index (χ0) is 19.4. The zero-order valence-corrected chi connectivity index (χ0v) is 16.3. The second kappa shape index (κ2) is 8.58. The Labute approximate surface area is 159 Å². The molecule has 0 aliphatic carbocycles. The van der Waals surface area contributed by atoms with Gasteiger partial charge in [0.2, 0.25) is 0 Å². The van der Waals surface area contributed by atoms with Crippen molar-refractivity contribution in [3.63, 3.8) is 0 Å². The molecule has 8 nitrogen and oxygen atoms in total. The van der Waals surface area contributed by atoms with Gasteiger partial charge in [0.1, 0.15) is 11.6 Å². The number of carbonyl (C=O) groups excluding carboxylic acids is 1. The molecule has 27 heavy (non-hydrogen) atoms. The van der Waals surface area contributed by atoms with Gasteiger partial charge in [0.25, 0.3) is 5.91 Å². The minimum Gasteiger partial charge on any atom is -0.395 e. The van der Waals surface area contributed by atoms with E-state index in [1.165, 1.54) is 0 Å². The number of aromatic nitrogens is 4. The van der Waals surface area contributed by atoms with E-state index in [2.05, 4.69) is 19.7 Å². The van der Waals surface area contributed by atoms with Crippen LogP contribution in [0.5, 0.6) is 0 Å². The van der Waals surface area contributed by atoms with Crippen LogP contribution in [0.15, 0.2) is 18.5 Å². The predicted octanol–water partition coefficient (Wildman–Crippen LogP) is 0.962. The smallest absolute Gasteiger partial charge is 0.255 e. The molecule has 1 aliphatic heterocycles. The Morgan fingerprint density at radius 2 is 2.04 bits per heavy atom. The van der Waals surface area contributed by atoms with Crippen molar-refractivity contribution in [1.82, 2.24) is 29.5 Å². The molecule has 1 N–H and O–H groups in total. The summed E-state index contributed by atoms with van der Waals surface area (Å²) in [5, 5.41) is 17.8. The number of aliphatic hydroxyl groups is 1. The average molecular weight is 372 g/mol. The van der Waals surface area contributed by atoms with Crippen LogP contribution >= 0.6 is 0 Å². The largest absolute Gasteiger partial charge is 0.395 e. The van der Waals surface area contributed by atoms with Crippen LogP contribution in [-0.2, 0) is 13.6 Å². The number of hydrogen-bond donors (Lipinski definition) is 1. The summed E-state index contributed by atoms with van der Waals surface area (Å²) in [5.41, 5.74) is 1.65. The van der Waals surface area contributed by atoms with Crippen LogP contribution in [0.4, 0.5) is 0 Å². The highest BCUT2D eigenvalue weighted by molar-refractivity contribution is 5.94. The number of amides is 1. The fraction of sp³-hybridized carbons (Fsp3) is 0.579. The molecule has 0 spiro atoms. The summed E-state index contributed by atoms with van der Waals surface area (Å²) < 4.78 is 2.06. The van der Waals surface area contributed by atoms with Gasteiger partial charge in [-0.2, -0.15) is 0 Å². The summed E-state index contributed by atoms with van der Waals surface area (Å²) in [6.45, 7) is 4.76. The van der Waals surface area contributed by atoms with E-state index < -0.39 is 0 Å². The molecule has 0 bridgehead atoms. The SMILES string of the molecule is Cc1cncc(C(=O)N2CCC(c3nnc(CN(C)CCO)n3C)CC2)c1. The summed E-state index contributed by atoms with van der Waals surface area (Å²) in [5.74, 6) is 2.23. The van der Waals surface area contributed by atoms with Crippen molar-refractivity contribution in [2.45, 2.75) is 32.2 Å². The van der Waals surface area contributed by atoms with Gasteiger partial charge in [-0.05, 0) is 38.4 Å². The van der Waals surface area contributed by atoms with Gasteiger partial charge < -0.3 is 14.6 Å². The number of nitrogens with zero attached hydrogens (tertiary/aromatic N) is 6. The number of aryl methyl sites for hydroxylation is 1. The topological polar surface area (TPSA) is 87.4 Å². The first-order chi connectivity index (χ1) is 13.0. The third-order valence-corrected chi connectivity index (χ3v) is 5.16. The molecule has 146 valence electrons. The predicted molar refractivity (Wildman–Crippen MR) is 101 cm³/mol. The number of hydrogen-bond acceptors (Lipinski definition) is 6. The lowest BCUT2D eigenvalue weighted by Gasteiger charge is -2.31. The minimum atomic E-state index is 0.0499. The molecule has 1 amide bonds. The molecule has 3 rings (SSSR count). The standard InChI is InChI=1S/C19H28N6O2/c1-14-10-16(12-20-11-14)19(27)25-6-4-15(5-7-25)18-22-21-17(24(18)3)13-23(2)8-9-26/h10-12,15,26H,4-9,13H2,1-3H3. The first-order valence-corrected chi connectivity index (χ1v) is 9.38. The van der Waals surface area contributed by atoms with Crippen LogP contribution < -0.4 is 0 Å². The number of aliphatic hydroxyl groups excluding tert-OH is 1. The molecule has 8 heteroatoms. The molecular formula is C19H28N6O2. The number of rotatable bonds is 6. The van der Waals surface area contributed by atoms with Crippen LogP contribution in [0.2, 0.25) is 0 Å². The zero-order valence-electron chi connectivity index (χ0n) is 16.3. The van der Waals surface area contributed by atoms with E-state index in [0.717, 1.165) is 30.1 Å². The Hall–Kier alpha value is -2.32. The van der Waals surface area contributed by atoms with Crippen molar-refractivity contribution in [2.75, 3.05) is 33.3 Å². The maximum absolute atomic E-state index is 12.7. The molecular weight excluding hydrogens is 344 g/mol. The summed E-state index contributed by atoms with van der Waals surface area (Å²) in [7, 11) is 3.95. The monoisotopic (exact) mass is 372 g/mol. The van der Waals surface area contributed by atoms with Crippen LogP contribution in [0.3, 0.4) is 0 Å². The fourth-order valence-electron chi connectivity index (χ4n) is 3.55. The van der Waals surface area contributed by atoms with E-state index >= 15 is 0 Å².